The van der Waals surface area contributed by atoms with Crippen molar-refractivity contribution in [3.05, 3.63) is 94.7 Å². The zero-order chi connectivity index (χ0) is 32.6. The molecule has 246 valence electrons. The summed E-state index contributed by atoms with van der Waals surface area (Å²) in [4.78, 5) is 14.7. The largest absolute Gasteiger partial charge is 0.623 e. The Morgan fingerprint density at radius 3 is 2.26 bits per heavy atom. The first-order valence-electron chi connectivity index (χ1n) is 15.9. The molecule has 1 aliphatic carbocycles. The van der Waals surface area contributed by atoms with Crippen LogP contribution in [0.4, 0.5) is 4.79 Å². The van der Waals surface area contributed by atoms with E-state index in [1.165, 1.54) is 35.6 Å². The maximum Gasteiger partial charge on any atom is 0.409 e. The lowest BCUT2D eigenvalue weighted by atomic mass is 9.97. The summed E-state index contributed by atoms with van der Waals surface area (Å²) in [6, 6.07) is 22.7. The average molecular weight is 633 g/mol. The minimum absolute atomic E-state index is 0.00622. The Kier molecular flexibility index (Phi) is 11.3. The molecule has 0 bridgehead atoms. The van der Waals surface area contributed by atoms with E-state index in [1.807, 2.05) is 31.2 Å². The van der Waals surface area contributed by atoms with Crippen LogP contribution in [0.25, 0.3) is 11.1 Å². The molecule has 46 heavy (non-hydrogen) atoms. The summed E-state index contributed by atoms with van der Waals surface area (Å²) < 4.78 is 29.1. The summed E-state index contributed by atoms with van der Waals surface area (Å²) in [5.41, 5.74) is 5.40. The molecule has 1 heterocycles. The van der Waals surface area contributed by atoms with Gasteiger partial charge in [0.15, 0.2) is 18.6 Å². The minimum Gasteiger partial charge on any atom is -0.623 e. The van der Waals surface area contributed by atoms with Crippen LogP contribution in [0.2, 0.25) is 0 Å². The summed E-state index contributed by atoms with van der Waals surface area (Å²) in [5.74, 6) is 0.687. The third-order valence-corrected chi connectivity index (χ3v) is 8.81. The second-order valence-electron chi connectivity index (χ2n) is 11.6. The van der Waals surface area contributed by atoms with Gasteiger partial charge in [-0.25, -0.2) is 9.53 Å². The minimum atomic E-state index is -1.16. The first-order chi connectivity index (χ1) is 22.4. The second kappa shape index (κ2) is 15.6. The molecule has 0 saturated carbocycles. The van der Waals surface area contributed by atoms with Crippen LogP contribution in [0.15, 0.2) is 72.8 Å². The van der Waals surface area contributed by atoms with Gasteiger partial charge in [0.1, 0.15) is 24.6 Å². The van der Waals surface area contributed by atoms with Crippen LogP contribution in [0.3, 0.4) is 0 Å². The Labute approximate surface area is 270 Å². The number of ether oxygens (including phenoxy) is 5. The van der Waals surface area contributed by atoms with E-state index in [0.717, 1.165) is 0 Å². The molecule has 1 aliphatic heterocycles. The Morgan fingerprint density at radius 2 is 1.65 bits per heavy atom. The van der Waals surface area contributed by atoms with E-state index in [-0.39, 0.29) is 25.2 Å². The van der Waals surface area contributed by atoms with Crippen molar-refractivity contribution in [3.8, 4) is 16.9 Å². The van der Waals surface area contributed by atoms with Crippen molar-refractivity contribution in [3.63, 3.8) is 0 Å². The fraction of sp³-hybridized carbons (Fsp3) is 0.444. The lowest BCUT2D eigenvalue weighted by Gasteiger charge is -2.41. The number of rotatable bonds is 13. The fourth-order valence-electron chi connectivity index (χ4n) is 6.34. The van der Waals surface area contributed by atoms with E-state index in [2.05, 4.69) is 24.3 Å². The van der Waals surface area contributed by atoms with Crippen LogP contribution in [0, 0.1) is 5.21 Å². The molecular weight excluding hydrogens is 588 g/mol. The zero-order valence-electron chi connectivity index (χ0n) is 26.9. The predicted octanol–water partition coefficient (Wildman–Crippen LogP) is 5.18. The SMILES string of the molecule is CCN(CCCCO[C@H]1[C@@H](OC)O[C@H](C)[C@@H](/[N+]([O-])=C/c2ccc(OC)cc2)[C@@H]1O)C(=O)OCC1c2ccccc2-c2ccccc21. The Bertz CT molecular complexity index is 1430. The average Bonchev–Trinajstić information content (AvgIpc) is 3.39. The smallest absolute Gasteiger partial charge is 0.409 e. The molecular formula is C36H44N2O8. The standard InChI is InChI=1S/C36H44N2O8/c1-5-37(36(40)45-23-31-29-14-8-6-12-27(29)28-13-7-9-15-30(28)31)20-10-11-21-44-34-33(39)32(24(2)46-35(34)43-4)38(41)22-25-16-18-26(42-3)19-17-25/h6-9,12-19,22,24,31-35,39H,5,10-11,20-21,23H2,1-4H3/b38-22-/t24-,32-,33+,34-,35+/m1/s1. The number of amides is 1. The highest BCUT2D eigenvalue weighted by Gasteiger charge is 2.49. The van der Waals surface area contributed by atoms with Crippen molar-refractivity contribution >= 4 is 12.3 Å². The Morgan fingerprint density at radius 1 is 1.00 bits per heavy atom. The molecule has 1 fully saturated rings. The van der Waals surface area contributed by atoms with Crippen LogP contribution in [-0.2, 0) is 18.9 Å². The molecule has 5 rings (SSSR count). The lowest BCUT2D eigenvalue weighted by molar-refractivity contribution is -0.541. The number of hydrogen-bond acceptors (Lipinski definition) is 8. The number of aliphatic hydroxyl groups excluding tert-OH is 1. The molecule has 1 N–H and O–H groups in total. The zero-order valence-corrected chi connectivity index (χ0v) is 26.9. The summed E-state index contributed by atoms with van der Waals surface area (Å²) in [6.45, 7) is 5.23. The van der Waals surface area contributed by atoms with Crippen molar-refractivity contribution < 1.29 is 38.3 Å². The molecule has 2 aliphatic rings. The number of aliphatic hydroxyl groups is 1. The van der Waals surface area contributed by atoms with E-state index in [0.29, 0.717) is 42.0 Å². The molecule has 1 amide bonds. The van der Waals surface area contributed by atoms with Crippen molar-refractivity contribution in [2.45, 2.75) is 63.3 Å². The van der Waals surface area contributed by atoms with Crippen molar-refractivity contribution in [1.82, 2.24) is 4.90 Å². The van der Waals surface area contributed by atoms with Crippen LogP contribution >= 0.6 is 0 Å². The number of benzene rings is 3. The highest BCUT2D eigenvalue weighted by molar-refractivity contribution is 5.79. The van der Waals surface area contributed by atoms with Gasteiger partial charge in [-0.2, -0.15) is 0 Å². The van der Waals surface area contributed by atoms with Gasteiger partial charge in [-0.05, 0) is 73.2 Å². The van der Waals surface area contributed by atoms with Crippen molar-refractivity contribution in [2.75, 3.05) is 40.5 Å². The van der Waals surface area contributed by atoms with E-state index in [4.69, 9.17) is 23.7 Å². The number of fused-ring (bicyclic) bond motifs is 3. The lowest BCUT2D eigenvalue weighted by Crippen LogP contribution is -2.61. The number of carbonyl (C=O) groups is 1. The molecule has 0 aromatic heterocycles. The number of unbranched alkanes of at least 4 members (excludes halogenated alkanes) is 1. The van der Waals surface area contributed by atoms with Gasteiger partial charge in [0.05, 0.1) is 7.11 Å². The number of hydroxylamine groups is 1. The van der Waals surface area contributed by atoms with Gasteiger partial charge in [-0.15, -0.1) is 0 Å². The monoisotopic (exact) mass is 632 g/mol. The van der Waals surface area contributed by atoms with Gasteiger partial charge >= 0.3 is 6.09 Å². The molecule has 10 heteroatoms. The maximum atomic E-state index is 13.1. The number of nitrogens with zero attached hydrogens (tertiary/aromatic N) is 2. The Hall–Kier alpha value is -3.96. The molecule has 10 nitrogen and oxygen atoms in total. The predicted molar refractivity (Wildman–Crippen MR) is 174 cm³/mol. The van der Waals surface area contributed by atoms with E-state index < -0.39 is 30.6 Å². The summed E-state index contributed by atoms with van der Waals surface area (Å²) in [5, 5.41) is 24.4. The van der Waals surface area contributed by atoms with Crippen LogP contribution < -0.4 is 4.74 Å². The fourth-order valence-corrected chi connectivity index (χ4v) is 6.34. The molecule has 3 aromatic rings. The van der Waals surface area contributed by atoms with Gasteiger partial charge in [0.25, 0.3) is 0 Å². The van der Waals surface area contributed by atoms with E-state index >= 15 is 0 Å². The van der Waals surface area contributed by atoms with Crippen LogP contribution in [0.5, 0.6) is 5.75 Å². The van der Waals surface area contributed by atoms with Gasteiger partial charge in [0, 0.05) is 38.3 Å². The molecule has 0 spiro atoms. The summed E-state index contributed by atoms with van der Waals surface area (Å²) in [6.07, 6.45) is -1.11. The summed E-state index contributed by atoms with van der Waals surface area (Å²) >= 11 is 0. The van der Waals surface area contributed by atoms with Crippen LogP contribution in [-0.4, -0.2) is 98.2 Å². The molecule has 3 aromatic carbocycles. The molecule has 5 atom stereocenters. The third kappa shape index (κ3) is 7.36. The van der Waals surface area contributed by atoms with Crippen molar-refractivity contribution in [1.29, 1.82) is 0 Å². The highest BCUT2D eigenvalue weighted by atomic mass is 16.7. The van der Waals surface area contributed by atoms with E-state index in [1.54, 1.807) is 43.2 Å². The van der Waals surface area contributed by atoms with E-state index in [9.17, 15) is 15.1 Å². The van der Waals surface area contributed by atoms with Crippen molar-refractivity contribution in [2.24, 2.45) is 0 Å². The van der Waals surface area contributed by atoms with Gasteiger partial charge in [0.2, 0.25) is 6.04 Å². The number of hydrogen-bond donors (Lipinski definition) is 1. The normalized spacial score (nSPS) is 22.6. The maximum absolute atomic E-state index is 13.1. The molecule has 1 saturated heterocycles. The van der Waals surface area contributed by atoms with Gasteiger partial charge in [-0.1, -0.05) is 48.5 Å². The molecule has 0 unspecified atom stereocenters. The van der Waals surface area contributed by atoms with Gasteiger partial charge in [-0.3, -0.25) is 0 Å². The highest BCUT2D eigenvalue weighted by Crippen LogP contribution is 2.44. The number of methoxy groups -OCH3 is 2. The number of carbonyl (C=O) groups excluding carboxylic acids is 1. The topological polar surface area (TPSA) is 113 Å². The molecule has 0 radical (unpaired) electrons. The first-order valence-corrected chi connectivity index (χ1v) is 15.9. The Balaban J connectivity index is 1.11. The third-order valence-electron chi connectivity index (χ3n) is 8.81. The first kappa shape index (κ1) is 33.4. The van der Waals surface area contributed by atoms with Crippen LogP contribution in [0.1, 0.15) is 49.3 Å². The van der Waals surface area contributed by atoms with Gasteiger partial charge < -0.3 is 38.9 Å². The summed E-state index contributed by atoms with van der Waals surface area (Å²) in [7, 11) is 3.06. The second-order valence-corrected chi connectivity index (χ2v) is 11.6. The quantitative estimate of drug-likeness (QED) is 0.0902.